The number of hydrogen-bond acceptors (Lipinski definition) is 4. The van der Waals surface area contributed by atoms with E-state index in [1.807, 2.05) is 6.07 Å². The molecule has 25 heavy (non-hydrogen) atoms. The lowest BCUT2D eigenvalue weighted by atomic mass is 10.2. The minimum atomic E-state index is -0.482. The number of para-hydroxylation sites is 1. The number of carbonyl (C=O) groups excluding carboxylic acids is 3. The maximum absolute atomic E-state index is 12.0. The Bertz CT molecular complexity index is 730. The maximum Gasteiger partial charge on any atom is 0.276 e. The number of carbonyl (C=O) groups is 3. The van der Waals surface area contributed by atoms with Crippen molar-refractivity contribution in [1.82, 2.24) is 10.9 Å². The molecule has 0 saturated heterocycles. The van der Waals surface area contributed by atoms with Gasteiger partial charge in [0, 0.05) is 17.7 Å². The Balaban J connectivity index is 1.77. The first-order chi connectivity index (χ1) is 12.1. The second-order valence-electron chi connectivity index (χ2n) is 5.08. The van der Waals surface area contributed by atoms with Gasteiger partial charge in [-0.25, -0.2) is 0 Å². The van der Waals surface area contributed by atoms with Crippen molar-refractivity contribution in [3.63, 3.8) is 0 Å². The van der Waals surface area contributed by atoms with E-state index in [9.17, 15) is 14.4 Å². The fourth-order valence-corrected chi connectivity index (χ4v) is 1.85. The van der Waals surface area contributed by atoms with E-state index >= 15 is 0 Å². The number of ether oxygens (including phenoxy) is 1. The van der Waals surface area contributed by atoms with Gasteiger partial charge in [-0.15, -0.1) is 0 Å². The highest BCUT2D eigenvalue weighted by molar-refractivity contribution is 5.96. The molecule has 7 nitrogen and oxygen atoms in total. The van der Waals surface area contributed by atoms with E-state index in [4.69, 9.17) is 4.74 Å². The Hall–Kier alpha value is -3.35. The summed E-state index contributed by atoms with van der Waals surface area (Å²) in [5.74, 6) is -0.498. The van der Waals surface area contributed by atoms with Crippen molar-refractivity contribution in [2.24, 2.45) is 0 Å². The van der Waals surface area contributed by atoms with Gasteiger partial charge in [-0.3, -0.25) is 25.2 Å². The smallest absolute Gasteiger partial charge is 0.276 e. The quantitative estimate of drug-likeness (QED) is 0.699. The number of hydrogen-bond donors (Lipinski definition) is 3. The third-order valence-corrected chi connectivity index (χ3v) is 3.18. The summed E-state index contributed by atoms with van der Waals surface area (Å²) in [5, 5.41) is 2.68. The van der Waals surface area contributed by atoms with E-state index in [0.717, 1.165) is 0 Å². The molecule has 130 valence electrons. The first-order valence-corrected chi connectivity index (χ1v) is 7.75. The van der Waals surface area contributed by atoms with Gasteiger partial charge in [0.25, 0.3) is 11.8 Å². The van der Waals surface area contributed by atoms with Crippen LogP contribution in [0.5, 0.6) is 5.75 Å². The summed E-state index contributed by atoms with van der Waals surface area (Å²) in [6, 6.07) is 15.2. The summed E-state index contributed by atoms with van der Waals surface area (Å²) in [6.45, 7) is 1.54. The van der Waals surface area contributed by atoms with Crippen LogP contribution in [0.3, 0.4) is 0 Å². The van der Waals surface area contributed by atoms with Crippen molar-refractivity contribution in [1.29, 1.82) is 0 Å². The van der Waals surface area contributed by atoms with Crippen molar-refractivity contribution >= 4 is 23.4 Å². The summed E-state index contributed by atoms with van der Waals surface area (Å²) < 4.78 is 5.27. The molecule has 7 heteroatoms. The van der Waals surface area contributed by atoms with Gasteiger partial charge in [-0.1, -0.05) is 25.1 Å². The lowest BCUT2D eigenvalue weighted by Gasteiger charge is -2.09. The van der Waals surface area contributed by atoms with Gasteiger partial charge in [0.1, 0.15) is 5.75 Å². The summed E-state index contributed by atoms with van der Waals surface area (Å²) in [5.41, 5.74) is 5.52. The second-order valence-corrected chi connectivity index (χ2v) is 5.08. The molecular weight excluding hydrogens is 322 g/mol. The Morgan fingerprint density at radius 1 is 0.880 bits per heavy atom. The van der Waals surface area contributed by atoms with Gasteiger partial charge in [0.15, 0.2) is 6.61 Å². The molecule has 0 bridgehead atoms. The Morgan fingerprint density at radius 3 is 2.20 bits per heavy atom. The second kappa shape index (κ2) is 9.07. The standard InChI is InChI=1S/C18H19N3O4/c1-2-16(22)19-14-10-8-13(9-11-14)18(24)21-20-17(23)12-25-15-6-4-3-5-7-15/h3-11H,2,12H2,1H3,(H,19,22)(H,20,23)(H,21,24). The van der Waals surface area contributed by atoms with E-state index in [-0.39, 0.29) is 12.5 Å². The fraction of sp³-hybridized carbons (Fsp3) is 0.167. The fourth-order valence-electron chi connectivity index (χ4n) is 1.85. The van der Waals surface area contributed by atoms with Crippen LogP contribution in [0.1, 0.15) is 23.7 Å². The first-order valence-electron chi connectivity index (χ1n) is 7.75. The third kappa shape index (κ3) is 5.98. The highest BCUT2D eigenvalue weighted by atomic mass is 16.5. The molecule has 0 heterocycles. The lowest BCUT2D eigenvalue weighted by Crippen LogP contribution is -2.43. The number of nitrogens with one attached hydrogen (secondary N) is 3. The van der Waals surface area contributed by atoms with Crippen LogP contribution >= 0.6 is 0 Å². The summed E-state index contributed by atoms with van der Waals surface area (Å²) in [4.78, 5) is 34.9. The maximum atomic E-state index is 12.0. The molecule has 0 aliphatic rings. The van der Waals surface area contributed by atoms with Gasteiger partial charge < -0.3 is 10.1 Å². The highest BCUT2D eigenvalue weighted by Gasteiger charge is 2.08. The molecule has 0 unspecified atom stereocenters. The van der Waals surface area contributed by atoms with Gasteiger partial charge in [0.05, 0.1) is 0 Å². The van der Waals surface area contributed by atoms with Gasteiger partial charge in [0.2, 0.25) is 5.91 Å². The zero-order valence-electron chi connectivity index (χ0n) is 13.7. The van der Waals surface area contributed by atoms with Crippen LogP contribution in [0.25, 0.3) is 0 Å². The molecule has 2 aromatic carbocycles. The largest absolute Gasteiger partial charge is 0.484 e. The van der Waals surface area contributed by atoms with E-state index in [0.29, 0.717) is 23.4 Å². The molecule has 2 aromatic rings. The van der Waals surface area contributed by atoms with E-state index in [1.165, 1.54) is 0 Å². The Kier molecular flexibility index (Phi) is 6.53. The van der Waals surface area contributed by atoms with Crippen molar-refractivity contribution in [2.45, 2.75) is 13.3 Å². The molecule has 0 spiro atoms. The van der Waals surface area contributed by atoms with Gasteiger partial charge in [-0.05, 0) is 36.4 Å². The SMILES string of the molecule is CCC(=O)Nc1ccc(C(=O)NNC(=O)COc2ccccc2)cc1. The van der Waals surface area contributed by atoms with Crippen molar-refractivity contribution < 1.29 is 19.1 Å². The molecule has 0 aliphatic carbocycles. The van der Waals surface area contributed by atoms with Crippen LogP contribution in [0, 0.1) is 0 Å². The molecule has 0 fully saturated rings. The van der Waals surface area contributed by atoms with Crippen LogP contribution < -0.4 is 20.9 Å². The van der Waals surface area contributed by atoms with E-state index in [2.05, 4.69) is 16.2 Å². The van der Waals surface area contributed by atoms with Crippen LogP contribution in [0.2, 0.25) is 0 Å². The summed E-state index contributed by atoms with van der Waals surface area (Å²) >= 11 is 0. The number of benzene rings is 2. The van der Waals surface area contributed by atoms with Gasteiger partial charge in [-0.2, -0.15) is 0 Å². The number of amides is 3. The van der Waals surface area contributed by atoms with E-state index < -0.39 is 11.8 Å². The first kappa shape index (κ1) is 18.0. The van der Waals surface area contributed by atoms with Crippen molar-refractivity contribution in [3.8, 4) is 5.75 Å². The van der Waals surface area contributed by atoms with E-state index in [1.54, 1.807) is 55.5 Å². The molecule has 0 aliphatic heterocycles. The number of rotatable bonds is 6. The lowest BCUT2D eigenvalue weighted by molar-refractivity contribution is -0.123. The average molecular weight is 341 g/mol. The average Bonchev–Trinajstić information content (AvgIpc) is 2.65. The monoisotopic (exact) mass is 341 g/mol. The molecule has 0 atom stereocenters. The van der Waals surface area contributed by atoms with Crippen LogP contribution in [-0.2, 0) is 9.59 Å². The summed E-state index contributed by atoms with van der Waals surface area (Å²) in [6.07, 6.45) is 0.374. The van der Waals surface area contributed by atoms with Crippen LogP contribution in [-0.4, -0.2) is 24.3 Å². The molecule has 3 N–H and O–H groups in total. The van der Waals surface area contributed by atoms with Crippen LogP contribution in [0.15, 0.2) is 54.6 Å². The molecule has 0 radical (unpaired) electrons. The third-order valence-electron chi connectivity index (χ3n) is 3.18. The zero-order chi connectivity index (χ0) is 18.1. The van der Waals surface area contributed by atoms with Crippen LogP contribution in [0.4, 0.5) is 5.69 Å². The topological polar surface area (TPSA) is 96.5 Å². The Labute approximate surface area is 145 Å². The minimum absolute atomic E-state index is 0.108. The molecular formula is C18H19N3O4. The molecule has 3 amide bonds. The number of anilines is 1. The predicted molar refractivity (Wildman–Crippen MR) is 92.9 cm³/mol. The Morgan fingerprint density at radius 2 is 1.56 bits per heavy atom. The number of hydrazine groups is 1. The van der Waals surface area contributed by atoms with Crippen molar-refractivity contribution in [2.75, 3.05) is 11.9 Å². The predicted octanol–water partition coefficient (Wildman–Crippen LogP) is 1.88. The summed E-state index contributed by atoms with van der Waals surface area (Å²) in [7, 11) is 0. The molecule has 0 aromatic heterocycles. The normalized spacial score (nSPS) is 9.80. The highest BCUT2D eigenvalue weighted by Crippen LogP contribution is 2.10. The molecule has 2 rings (SSSR count). The van der Waals surface area contributed by atoms with Gasteiger partial charge >= 0.3 is 0 Å². The van der Waals surface area contributed by atoms with Crippen molar-refractivity contribution in [3.05, 3.63) is 60.2 Å². The minimum Gasteiger partial charge on any atom is -0.484 e. The zero-order valence-corrected chi connectivity index (χ0v) is 13.7. The molecule has 0 saturated carbocycles.